The standard InChI is InChI=1S/C38H39N5O/c1-37(2,3)25-12-15-31-30(20-25)29-14-13-28(23-34(29)43(31)35-21-26(16-18-39-35)38(4,5)6)44-36-22-27(17-19-40-36)42-24-41(7)32-10-8-9-11-33(32)42/h8-23H,24H2,1-7H3. The number of benzene rings is 3. The highest BCUT2D eigenvalue weighted by atomic mass is 16.5. The van der Waals surface area contributed by atoms with Gasteiger partial charge in [0.1, 0.15) is 11.6 Å². The molecule has 0 spiro atoms. The lowest BCUT2D eigenvalue weighted by Gasteiger charge is -2.20. The molecule has 6 nitrogen and oxygen atoms in total. The molecule has 7 rings (SSSR count). The third-order valence-corrected chi connectivity index (χ3v) is 8.63. The van der Waals surface area contributed by atoms with Gasteiger partial charge in [0.05, 0.1) is 29.1 Å². The van der Waals surface area contributed by atoms with Crippen molar-refractivity contribution in [2.24, 2.45) is 0 Å². The molecule has 222 valence electrons. The molecular formula is C38H39N5O. The predicted molar refractivity (Wildman–Crippen MR) is 182 cm³/mol. The monoisotopic (exact) mass is 581 g/mol. The van der Waals surface area contributed by atoms with Crippen LogP contribution in [0.3, 0.4) is 0 Å². The average molecular weight is 582 g/mol. The summed E-state index contributed by atoms with van der Waals surface area (Å²) in [6, 6.07) is 30.0. The van der Waals surface area contributed by atoms with Gasteiger partial charge < -0.3 is 14.5 Å². The lowest BCUT2D eigenvalue weighted by molar-refractivity contribution is 0.463. The zero-order chi connectivity index (χ0) is 30.8. The SMILES string of the molecule is CN1CN(c2ccnc(Oc3ccc4c5cc(C(C)(C)C)ccc5n(-c5cc(C(C)(C)C)ccn5)c4c3)c2)c2ccccc21. The van der Waals surface area contributed by atoms with Crippen LogP contribution in [0.5, 0.6) is 11.6 Å². The van der Waals surface area contributed by atoms with E-state index in [1.165, 1.54) is 33.3 Å². The zero-order valence-electron chi connectivity index (χ0n) is 26.6. The van der Waals surface area contributed by atoms with Crippen LogP contribution in [0.15, 0.2) is 97.3 Å². The molecule has 6 aromatic rings. The predicted octanol–water partition coefficient (Wildman–Crippen LogP) is 9.51. The Hall–Kier alpha value is -4.84. The normalized spacial score (nSPS) is 13.6. The van der Waals surface area contributed by atoms with Crippen LogP contribution in [-0.2, 0) is 10.8 Å². The summed E-state index contributed by atoms with van der Waals surface area (Å²) in [5.41, 5.74) is 8.20. The molecule has 6 heteroatoms. The number of hydrogen-bond acceptors (Lipinski definition) is 5. The summed E-state index contributed by atoms with van der Waals surface area (Å²) in [5.74, 6) is 2.18. The van der Waals surface area contributed by atoms with Gasteiger partial charge in [-0.2, -0.15) is 0 Å². The van der Waals surface area contributed by atoms with E-state index in [1.54, 1.807) is 0 Å². The van der Waals surface area contributed by atoms with Crippen LogP contribution in [0, 0.1) is 0 Å². The minimum atomic E-state index is 0.00543. The molecular weight excluding hydrogens is 542 g/mol. The molecule has 0 saturated heterocycles. The molecule has 4 heterocycles. The summed E-state index contributed by atoms with van der Waals surface area (Å²) in [6.45, 7) is 14.2. The lowest BCUT2D eigenvalue weighted by Crippen LogP contribution is -2.23. The number of para-hydroxylation sites is 2. The van der Waals surface area contributed by atoms with Crippen molar-refractivity contribution < 1.29 is 4.74 Å². The molecule has 3 aromatic heterocycles. The van der Waals surface area contributed by atoms with E-state index in [0.717, 1.165) is 35.0 Å². The molecule has 1 aliphatic heterocycles. The molecule has 1 aliphatic rings. The van der Waals surface area contributed by atoms with E-state index < -0.39 is 0 Å². The van der Waals surface area contributed by atoms with Crippen LogP contribution in [0.1, 0.15) is 52.7 Å². The van der Waals surface area contributed by atoms with Crippen LogP contribution in [0.25, 0.3) is 27.6 Å². The van der Waals surface area contributed by atoms with Crippen molar-refractivity contribution in [3.8, 4) is 17.4 Å². The molecule has 3 aromatic carbocycles. The Morgan fingerprint density at radius 3 is 2.16 bits per heavy atom. The van der Waals surface area contributed by atoms with Gasteiger partial charge in [-0.25, -0.2) is 9.97 Å². The minimum Gasteiger partial charge on any atom is -0.439 e. The molecule has 0 bridgehead atoms. The Labute approximate surface area is 259 Å². The first-order valence-corrected chi connectivity index (χ1v) is 15.2. The second kappa shape index (κ2) is 10.1. The number of ether oxygens (including phenoxy) is 1. The van der Waals surface area contributed by atoms with Gasteiger partial charge in [-0.3, -0.25) is 4.57 Å². The van der Waals surface area contributed by atoms with E-state index in [1.807, 2.05) is 30.6 Å². The molecule has 0 amide bonds. The van der Waals surface area contributed by atoms with Crippen molar-refractivity contribution >= 4 is 38.9 Å². The maximum atomic E-state index is 6.46. The maximum Gasteiger partial charge on any atom is 0.221 e. The number of anilines is 3. The Morgan fingerprint density at radius 1 is 0.659 bits per heavy atom. The quantitative estimate of drug-likeness (QED) is 0.207. The third-order valence-electron chi connectivity index (χ3n) is 8.63. The smallest absolute Gasteiger partial charge is 0.221 e. The van der Waals surface area contributed by atoms with Crippen LogP contribution < -0.4 is 14.5 Å². The second-order valence-corrected chi connectivity index (χ2v) is 13.9. The van der Waals surface area contributed by atoms with Gasteiger partial charge in [0.15, 0.2) is 0 Å². The van der Waals surface area contributed by atoms with Gasteiger partial charge >= 0.3 is 0 Å². The lowest BCUT2D eigenvalue weighted by atomic mass is 9.86. The first-order chi connectivity index (χ1) is 21.0. The third kappa shape index (κ3) is 4.84. The topological polar surface area (TPSA) is 46.4 Å². The van der Waals surface area contributed by atoms with Gasteiger partial charge in [0, 0.05) is 48.0 Å². The highest BCUT2D eigenvalue weighted by Crippen LogP contribution is 2.41. The van der Waals surface area contributed by atoms with Gasteiger partial charge in [-0.05, 0) is 76.6 Å². The fraction of sp³-hybridized carbons (Fsp3) is 0.263. The van der Waals surface area contributed by atoms with Gasteiger partial charge in [0.25, 0.3) is 0 Å². The van der Waals surface area contributed by atoms with Crippen molar-refractivity contribution in [2.45, 2.75) is 52.4 Å². The molecule has 0 radical (unpaired) electrons. The molecule has 0 saturated carbocycles. The Balaban J connectivity index is 1.33. The average Bonchev–Trinajstić information content (AvgIpc) is 3.50. The van der Waals surface area contributed by atoms with Gasteiger partial charge in [0.2, 0.25) is 5.88 Å². The number of aromatic nitrogens is 3. The fourth-order valence-electron chi connectivity index (χ4n) is 6.13. The fourth-order valence-corrected chi connectivity index (χ4v) is 6.13. The largest absolute Gasteiger partial charge is 0.439 e. The summed E-state index contributed by atoms with van der Waals surface area (Å²) in [4.78, 5) is 14.0. The van der Waals surface area contributed by atoms with Gasteiger partial charge in [-0.1, -0.05) is 59.7 Å². The van der Waals surface area contributed by atoms with Crippen LogP contribution >= 0.6 is 0 Å². The minimum absolute atomic E-state index is 0.00543. The van der Waals surface area contributed by atoms with E-state index >= 15 is 0 Å². The Morgan fingerprint density at radius 2 is 1.39 bits per heavy atom. The summed E-state index contributed by atoms with van der Waals surface area (Å²) >= 11 is 0. The van der Waals surface area contributed by atoms with E-state index in [-0.39, 0.29) is 10.8 Å². The highest BCUT2D eigenvalue weighted by Gasteiger charge is 2.25. The van der Waals surface area contributed by atoms with E-state index in [9.17, 15) is 0 Å². The Bertz CT molecular complexity index is 2030. The summed E-state index contributed by atoms with van der Waals surface area (Å²) in [6.07, 6.45) is 3.73. The van der Waals surface area contributed by atoms with E-state index in [4.69, 9.17) is 9.72 Å². The number of hydrogen-bond donors (Lipinski definition) is 0. The van der Waals surface area contributed by atoms with Crippen LogP contribution in [0.2, 0.25) is 0 Å². The molecule has 0 unspecified atom stereocenters. The number of rotatable bonds is 4. The van der Waals surface area contributed by atoms with Crippen molar-refractivity contribution in [3.05, 3.63) is 108 Å². The second-order valence-electron chi connectivity index (χ2n) is 13.9. The molecule has 0 aliphatic carbocycles. The number of pyridine rings is 2. The Kier molecular flexibility index (Phi) is 6.43. The van der Waals surface area contributed by atoms with Gasteiger partial charge in [-0.15, -0.1) is 0 Å². The van der Waals surface area contributed by atoms with E-state index in [0.29, 0.717) is 5.88 Å². The summed E-state index contributed by atoms with van der Waals surface area (Å²) in [7, 11) is 2.11. The summed E-state index contributed by atoms with van der Waals surface area (Å²) in [5, 5.41) is 2.37. The maximum absolute atomic E-state index is 6.46. The molecule has 0 N–H and O–H groups in total. The highest BCUT2D eigenvalue weighted by molar-refractivity contribution is 6.09. The number of fused-ring (bicyclic) bond motifs is 4. The number of nitrogens with zero attached hydrogens (tertiary/aromatic N) is 5. The van der Waals surface area contributed by atoms with Crippen molar-refractivity contribution in [2.75, 3.05) is 23.5 Å². The molecule has 44 heavy (non-hydrogen) atoms. The first kappa shape index (κ1) is 28.0. The molecule has 0 atom stereocenters. The van der Waals surface area contributed by atoms with E-state index in [2.05, 4.69) is 135 Å². The van der Waals surface area contributed by atoms with Crippen LogP contribution in [-0.4, -0.2) is 28.3 Å². The molecule has 0 fully saturated rings. The first-order valence-electron chi connectivity index (χ1n) is 15.2. The van der Waals surface area contributed by atoms with Crippen molar-refractivity contribution in [3.63, 3.8) is 0 Å². The summed E-state index contributed by atoms with van der Waals surface area (Å²) < 4.78 is 8.72. The van der Waals surface area contributed by atoms with Crippen LogP contribution in [0.4, 0.5) is 17.1 Å². The van der Waals surface area contributed by atoms with Crippen molar-refractivity contribution in [1.82, 2.24) is 14.5 Å². The zero-order valence-corrected chi connectivity index (χ0v) is 26.6. The van der Waals surface area contributed by atoms with Crippen molar-refractivity contribution in [1.29, 1.82) is 0 Å².